The first-order valence-electron chi connectivity index (χ1n) is 8.45. The number of aromatic nitrogens is 1. The highest BCUT2D eigenvalue weighted by molar-refractivity contribution is 5.99. The molecule has 1 heterocycles. The number of benzene rings is 1. The van der Waals surface area contributed by atoms with E-state index in [9.17, 15) is 9.59 Å². The lowest BCUT2D eigenvalue weighted by Gasteiger charge is -2.20. The number of nitrogens with zero attached hydrogens (tertiary/aromatic N) is 2. The number of carbonyl (C=O) groups excluding carboxylic acids is 2. The molecule has 0 saturated heterocycles. The van der Waals surface area contributed by atoms with Crippen LogP contribution in [0.3, 0.4) is 0 Å². The molecule has 2 rings (SSSR count). The fraction of sp³-hybridized carbons (Fsp3) is 0.350. The van der Waals surface area contributed by atoms with Gasteiger partial charge < -0.3 is 15.5 Å². The molecule has 138 valence electrons. The van der Waals surface area contributed by atoms with Crippen LogP contribution in [-0.4, -0.2) is 30.9 Å². The molecule has 1 aromatic heterocycles. The number of hydrogen-bond acceptors (Lipinski definition) is 4. The van der Waals surface area contributed by atoms with Crippen LogP contribution in [0.15, 0.2) is 36.5 Å². The van der Waals surface area contributed by atoms with Crippen molar-refractivity contribution >= 4 is 28.9 Å². The Labute approximate surface area is 154 Å². The molecule has 0 fully saturated rings. The Kier molecular flexibility index (Phi) is 5.65. The monoisotopic (exact) mass is 354 g/mol. The molecule has 1 aromatic carbocycles. The minimum absolute atomic E-state index is 0.109. The number of amides is 2. The molecular formula is C20H26N4O2. The van der Waals surface area contributed by atoms with Crippen molar-refractivity contribution in [1.82, 2.24) is 4.98 Å². The van der Waals surface area contributed by atoms with Crippen LogP contribution < -0.4 is 15.5 Å². The Morgan fingerprint density at radius 1 is 1.04 bits per heavy atom. The van der Waals surface area contributed by atoms with Gasteiger partial charge in [-0.25, -0.2) is 0 Å². The van der Waals surface area contributed by atoms with E-state index in [0.717, 1.165) is 16.9 Å². The lowest BCUT2D eigenvalue weighted by atomic mass is 9.95. The van der Waals surface area contributed by atoms with Crippen LogP contribution in [0.2, 0.25) is 0 Å². The molecule has 0 aliphatic rings. The zero-order valence-corrected chi connectivity index (χ0v) is 16.2. The van der Waals surface area contributed by atoms with Crippen molar-refractivity contribution in [3.63, 3.8) is 0 Å². The Balaban J connectivity index is 2.52. The summed E-state index contributed by atoms with van der Waals surface area (Å²) in [5, 5.41) is 5.71. The maximum absolute atomic E-state index is 12.5. The smallest absolute Gasteiger partial charge is 0.229 e. The van der Waals surface area contributed by atoms with Crippen LogP contribution in [0.5, 0.6) is 0 Å². The van der Waals surface area contributed by atoms with Crippen LogP contribution in [-0.2, 0) is 9.59 Å². The number of hydrogen-bond donors (Lipinski definition) is 2. The van der Waals surface area contributed by atoms with Gasteiger partial charge in [0, 0.05) is 49.6 Å². The molecule has 26 heavy (non-hydrogen) atoms. The standard InChI is InChI=1S/C20H26N4O2/c1-13(25)22-14-7-8-16(17-12-15(24(5)6)9-10-21-17)18(11-14)23-19(26)20(2,3)4/h7-12H,1-6H3,(H,22,25)(H,23,26). The van der Waals surface area contributed by atoms with Gasteiger partial charge in [-0.2, -0.15) is 0 Å². The van der Waals surface area contributed by atoms with Crippen molar-refractivity contribution in [2.75, 3.05) is 29.6 Å². The Hall–Kier alpha value is -2.89. The van der Waals surface area contributed by atoms with Gasteiger partial charge in [-0.05, 0) is 30.3 Å². The Morgan fingerprint density at radius 3 is 2.31 bits per heavy atom. The van der Waals surface area contributed by atoms with Gasteiger partial charge >= 0.3 is 0 Å². The van der Waals surface area contributed by atoms with Gasteiger partial charge in [0.15, 0.2) is 0 Å². The van der Waals surface area contributed by atoms with Crippen LogP contribution in [0, 0.1) is 5.41 Å². The number of carbonyl (C=O) groups is 2. The van der Waals surface area contributed by atoms with E-state index in [4.69, 9.17) is 0 Å². The lowest BCUT2D eigenvalue weighted by molar-refractivity contribution is -0.123. The number of pyridine rings is 1. The van der Waals surface area contributed by atoms with Gasteiger partial charge in [0.2, 0.25) is 11.8 Å². The van der Waals surface area contributed by atoms with Gasteiger partial charge in [0.25, 0.3) is 0 Å². The third-order valence-corrected chi connectivity index (χ3v) is 3.81. The van der Waals surface area contributed by atoms with E-state index in [2.05, 4.69) is 15.6 Å². The topological polar surface area (TPSA) is 74.3 Å². The molecule has 0 aliphatic carbocycles. The first-order valence-corrected chi connectivity index (χ1v) is 8.45. The van der Waals surface area contributed by atoms with Crippen molar-refractivity contribution in [2.24, 2.45) is 5.41 Å². The van der Waals surface area contributed by atoms with Gasteiger partial charge in [-0.15, -0.1) is 0 Å². The summed E-state index contributed by atoms with van der Waals surface area (Å²) in [5.41, 5.74) is 3.23. The number of nitrogens with one attached hydrogen (secondary N) is 2. The zero-order valence-electron chi connectivity index (χ0n) is 16.2. The predicted molar refractivity (Wildman–Crippen MR) is 106 cm³/mol. The van der Waals surface area contributed by atoms with Gasteiger partial charge in [-0.1, -0.05) is 20.8 Å². The minimum Gasteiger partial charge on any atom is -0.378 e. The van der Waals surface area contributed by atoms with Crippen molar-refractivity contribution in [3.05, 3.63) is 36.5 Å². The summed E-state index contributed by atoms with van der Waals surface area (Å²) in [7, 11) is 3.92. The van der Waals surface area contributed by atoms with Crippen molar-refractivity contribution < 1.29 is 9.59 Å². The van der Waals surface area contributed by atoms with Crippen LogP contribution in [0.25, 0.3) is 11.3 Å². The highest BCUT2D eigenvalue weighted by Crippen LogP contribution is 2.32. The summed E-state index contributed by atoms with van der Waals surface area (Å²) in [6.45, 7) is 7.00. The molecule has 0 bridgehead atoms. The average Bonchev–Trinajstić information content (AvgIpc) is 2.53. The molecular weight excluding hydrogens is 328 g/mol. The Bertz CT molecular complexity index is 823. The molecule has 0 unspecified atom stereocenters. The Morgan fingerprint density at radius 2 is 1.73 bits per heavy atom. The van der Waals surface area contributed by atoms with E-state index in [1.165, 1.54) is 6.92 Å². The summed E-state index contributed by atoms with van der Waals surface area (Å²) in [4.78, 5) is 30.3. The van der Waals surface area contributed by atoms with E-state index >= 15 is 0 Å². The summed E-state index contributed by atoms with van der Waals surface area (Å²) >= 11 is 0. The third kappa shape index (κ3) is 4.81. The average molecular weight is 354 g/mol. The fourth-order valence-electron chi connectivity index (χ4n) is 2.31. The first kappa shape index (κ1) is 19.4. The summed E-state index contributed by atoms with van der Waals surface area (Å²) < 4.78 is 0. The van der Waals surface area contributed by atoms with E-state index in [1.807, 2.05) is 58.0 Å². The maximum Gasteiger partial charge on any atom is 0.229 e. The summed E-state index contributed by atoms with van der Waals surface area (Å²) in [6.07, 6.45) is 1.74. The SMILES string of the molecule is CC(=O)Nc1ccc(-c2cc(N(C)C)ccn2)c(NC(=O)C(C)(C)C)c1. The van der Waals surface area contributed by atoms with Gasteiger partial charge in [-0.3, -0.25) is 14.6 Å². The first-order chi connectivity index (χ1) is 12.1. The highest BCUT2D eigenvalue weighted by atomic mass is 16.2. The van der Waals surface area contributed by atoms with Crippen LogP contribution >= 0.6 is 0 Å². The van der Waals surface area contributed by atoms with Crippen LogP contribution in [0.1, 0.15) is 27.7 Å². The second-order valence-corrected chi connectivity index (χ2v) is 7.44. The van der Waals surface area contributed by atoms with Gasteiger partial charge in [0.1, 0.15) is 0 Å². The van der Waals surface area contributed by atoms with Gasteiger partial charge in [0.05, 0.1) is 11.4 Å². The van der Waals surface area contributed by atoms with E-state index in [0.29, 0.717) is 11.4 Å². The second-order valence-electron chi connectivity index (χ2n) is 7.44. The highest BCUT2D eigenvalue weighted by Gasteiger charge is 2.23. The zero-order chi connectivity index (χ0) is 19.5. The van der Waals surface area contributed by atoms with E-state index in [1.54, 1.807) is 18.3 Å². The third-order valence-electron chi connectivity index (χ3n) is 3.81. The minimum atomic E-state index is -0.541. The number of rotatable bonds is 4. The summed E-state index contributed by atoms with van der Waals surface area (Å²) in [6, 6.07) is 9.28. The van der Waals surface area contributed by atoms with E-state index < -0.39 is 5.41 Å². The second kappa shape index (κ2) is 7.56. The fourth-order valence-corrected chi connectivity index (χ4v) is 2.31. The molecule has 0 atom stereocenters. The van der Waals surface area contributed by atoms with E-state index in [-0.39, 0.29) is 11.8 Å². The molecule has 6 nitrogen and oxygen atoms in total. The lowest BCUT2D eigenvalue weighted by Crippen LogP contribution is -2.28. The quantitative estimate of drug-likeness (QED) is 0.877. The number of anilines is 3. The molecule has 2 amide bonds. The van der Waals surface area contributed by atoms with Crippen molar-refractivity contribution in [3.8, 4) is 11.3 Å². The summed E-state index contributed by atoms with van der Waals surface area (Å²) in [5.74, 6) is -0.277. The molecule has 6 heteroatoms. The molecule has 2 aromatic rings. The van der Waals surface area contributed by atoms with Crippen molar-refractivity contribution in [1.29, 1.82) is 0 Å². The largest absolute Gasteiger partial charge is 0.378 e. The molecule has 0 saturated carbocycles. The predicted octanol–water partition coefficient (Wildman–Crippen LogP) is 3.76. The maximum atomic E-state index is 12.5. The molecule has 0 radical (unpaired) electrons. The molecule has 0 aliphatic heterocycles. The molecule has 2 N–H and O–H groups in total. The normalized spacial score (nSPS) is 11.0. The van der Waals surface area contributed by atoms with Crippen LogP contribution in [0.4, 0.5) is 17.1 Å². The molecule has 0 spiro atoms. The van der Waals surface area contributed by atoms with Crippen molar-refractivity contribution in [2.45, 2.75) is 27.7 Å².